The molecule has 3 rings (SSSR count). The van der Waals surface area contributed by atoms with Gasteiger partial charge in [-0.25, -0.2) is 4.68 Å². The van der Waals surface area contributed by atoms with Crippen LogP contribution in [0.25, 0.3) is 10.8 Å². The molecule has 108 valence electrons. The fourth-order valence-corrected chi connectivity index (χ4v) is 3.15. The highest BCUT2D eigenvalue weighted by molar-refractivity contribution is 9.10. The molecule has 0 fully saturated rings. The van der Waals surface area contributed by atoms with Gasteiger partial charge in [-0.3, -0.25) is 11.3 Å². The van der Waals surface area contributed by atoms with Crippen LogP contribution in [0.4, 0.5) is 0 Å². The molecule has 3 aromatic rings. The Hall–Kier alpha value is -1.76. The minimum atomic E-state index is -0.0551. The summed E-state index contributed by atoms with van der Waals surface area (Å²) in [6.07, 6.45) is 0.765. The van der Waals surface area contributed by atoms with Crippen molar-refractivity contribution in [3.63, 3.8) is 0 Å². The molecule has 1 atom stereocenters. The van der Waals surface area contributed by atoms with Gasteiger partial charge in [-0.15, -0.1) is 5.10 Å². The lowest BCUT2D eigenvalue weighted by Gasteiger charge is -2.16. The van der Waals surface area contributed by atoms with Gasteiger partial charge in [0.05, 0.1) is 11.7 Å². The number of benzene rings is 2. The third kappa shape index (κ3) is 2.83. The normalized spacial score (nSPS) is 12.7. The van der Waals surface area contributed by atoms with Crippen molar-refractivity contribution >= 4 is 26.7 Å². The van der Waals surface area contributed by atoms with E-state index in [4.69, 9.17) is 5.84 Å². The number of hydrogen-bond donors (Lipinski definition) is 2. The van der Waals surface area contributed by atoms with Crippen molar-refractivity contribution in [1.82, 2.24) is 20.4 Å². The number of nitrogens with two attached hydrogens (primary N) is 1. The molecule has 21 heavy (non-hydrogen) atoms. The summed E-state index contributed by atoms with van der Waals surface area (Å²) in [5, 5.41) is 10.5. The average Bonchev–Trinajstić information content (AvgIpc) is 2.84. The highest BCUT2D eigenvalue weighted by Crippen LogP contribution is 2.25. The Kier molecular flexibility index (Phi) is 4.01. The Labute approximate surface area is 131 Å². The van der Waals surface area contributed by atoms with E-state index in [2.05, 4.69) is 62.0 Å². The Morgan fingerprint density at radius 1 is 1.24 bits per heavy atom. The first-order valence-corrected chi connectivity index (χ1v) is 7.47. The van der Waals surface area contributed by atoms with Crippen molar-refractivity contribution in [2.75, 3.05) is 0 Å². The third-order valence-electron chi connectivity index (χ3n) is 3.61. The molecule has 0 saturated heterocycles. The monoisotopic (exact) mass is 345 g/mol. The van der Waals surface area contributed by atoms with Gasteiger partial charge >= 0.3 is 0 Å². The van der Waals surface area contributed by atoms with E-state index in [1.165, 1.54) is 16.3 Å². The zero-order valence-corrected chi connectivity index (χ0v) is 13.2. The number of aryl methyl sites for hydroxylation is 1. The molecule has 5 nitrogen and oxygen atoms in total. The van der Waals surface area contributed by atoms with E-state index in [1.54, 1.807) is 4.68 Å². The molecule has 1 heterocycles. The van der Waals surface area contributed by atoms with Gasteiger partial charge in [0.25, 0.3) is 0 Å². The Balaban J connectivity index is 1.92. The maximum absolute atomic E-state index is 5.72. The first kappa shape index (κ1) is 14.2. The van der Waals surface area contributed by atoms with Crippen molar-refractivity contribution in [3.8, 4) is 0 Å². The second kappa shape index (κ2) is 5.93. The van der Waals surface area contributed by atoms with E-state index in [0.717, 1.165) is 12.1 Å². The van der Waals surface area contributed by atoms with E-state index < -0.39 is 0 Å². The Morgan fingerprint density at radius 3 is 2.67 bits per heavy atom. The number of fused-ring (bicyclic) bond motifs is 1. The smallest absolute Gasteiger partial charge is 0.153 e. The molecule has 0 bridgehead atoms. The van der Waals surface area contributed by atoms with Gasteiger partial charge in [0.1, 0.15) is 0 Å². The summed E-state index contributed by atoms with van der Waals surface area (Å²) >= 11 is 3.42. The predicted octanol–water partition coefficient (Wildman–Crippen LogP) is 2.48. The van der Waals surface area contributed by atoms with E-state index in [1.807, 2.05) is 19.2 Å². The van der Waals surface area contributed by atoms with Gasteiger partial charge in [0.15, 0.2) is 4.60 Å². The predicted molar refractivity (Wildman–Crippen MR) is 86.4 cm³/mol. The first-order chi connectivity index (χ1) is 10.2. The van der Waals surface area contributed by atoms with Gasteiger partial charge in [0.2, 0.25) is 0 Å². The molecule has 0 amide bonds. The molecule has 1 unspecified atom stereocenters. The van der Waals surface area contributed by atoms with Crippen LogP contribution in [0.2, 0.25) is 0 Å². The zero-order chi connectivity index (χ0) is 14.8. The minimum absolute atomic E-state index is 0.0551. The van der Waals surface area contributed by atoms with Crippen LogP contribution in [-0.4, -0.2) is 15.0 Å². The Bertz CT molecular complexity index is 748. The van der Waals surface area contributed by atoms with Gasteiger partial charge in [-0.05, 0) is 38.7 Å². The maximum Gasteiger partial charge on any atom is 0.153 e. The molecule has 0 aliphatic rings. The second-order valence-corrected chi connectivity index (χ2v) is 5.75. The molecule has 3 N–H and O–H groups in total. The molecule has 2 aromatic carbocycles. The maximum atomic E-state index is 5.72. The standard InChI is InChI=1S/C15H16BrN5/c1-21-14(15(16)19-20-21)13(18-17)9-10-6-7-11-4-2-3-5-12(11)8-10/h2-8,13,18H,9,17H2,1H3. The van der Waals surface area contributed by atoms with E-state index in [0.29, 0.717) is 4.60 Å². The molecule has 1 aromatic heterocycles. The molecular weight excluding hydrogens is 330 g/mol. The quantitative estimate of drug-likeness (QED) is 0.563. The summed E-state index contributed by atoms with van der Waals surface area (Å²) in [4.78, 5) is 0. The lowest BCUT2D eigenvalue weighted by molar-refractivity contribution is 0.505. The molecule has 0 aliphatic heterocycles. The number of nitrogens with one attached hydrogen (secondary N) is 1. The van der Waals surface area contributed by atoms with Crippen molar-refractivity contribution < 1.29 is 0 Å². The van der Waals surface area contributed by atoms with Crippen LogP contribution in [0.15, 0.2) is 47.1 Å². The van der Waals surface area contributed by atoms with Crippen molar-refractivity contribution in [3.05, 3.63) is 58.3 Å². The summed E-state index contributed by atoms with van der Waals surface area (Å²) in [5.41, 5.74) is 5.00. The number of halogens is 1. The summed E-state index contributed by atoms with van der Waals surface area (Å²) < 4.78 is 2.45. The van der Waals surface area contributed by atoms with Gasteiger partial charge < -0.3 is 0 Å². The lowest BCUT2D eigenvalue weighted by atomic mass is 10.0. The van der Waals surface area contributed by atoms with Crippen molar-refractivity contribution in [2.24, 2.45) is 12.9 Å². The summed E-state index contributed by atoms with van der Waals surface area (Å²) in [6, 6.07) is 14.7. The largest absolute Gasteiger partial charge is 0.271 e. The molecule has 0 radical (unpaired) electrons. The average molecular weight is 346 g/mol. The number of aromatic nitrogens is 3. The number of rotatable bonds is 4. The molecule has 0 spiro atoms. The van der Waals surface area contributed by atoms with Crippen LogP contribution in [0.5, 0.6) is 0 Å². The van der Waals surface area contributed by atoms with E-state index in [-0.39, 0.29) is 6.04 Å². The van der Waals surface area contributed by atoms with Crippen LogP contribution in [0, 0.1) is 0 Å². The SMILES string of the molecule is Cn1nnc(Br)c1C(Cc1ccc2ccccc2c1)NN. The van der Waals surface area contributed by atoms with Gasteiger partial charge in [0, 0.05) is 7.05 Å². The van der Waals surface area contributed by atoms with Crippen molar-refractivity contribution in [2.45, 2.75) is 12.5 Å². The summed E-state index contributed by atoms with van der Waals surface area (Å²) in [5.74, 6) is 5.72. The highest BCUT2D eigenvalue weighted by atomic mass is 79.9. The minimum Gasteiger partial charge on any atom is -0.271 e. The number of nitrogens with zero attached hydrogens (tertiary/aromatic N) is 3. The first-order valence-electron chi connectivity index (χ1n) is 6.68. The van der Waals surface area contributed by atoms with E-state index >= 15 is 0 Å². The summed E-state index contributed by atoms with van der Waals surface area (Å²) in [7, 11) is 1.86. The molecule has 6 heteroatoms. The fourth-order valence-electron chi connectivity index (χ4n) is 2.54. The lowest BCUT2D eigenvalue weighted by Crippen LogP contribution is -2.31. The van der Waals surface area contributed by atoms with Crippen molar-refractivity contribution in [1.29, 1.82) is 0 Å². The van der Waals surface area contributed by atoms with E-state index in [9.17, 15) is 0 Å². The zero-order valence-electron chi connectivity index (χ0n) is 11.6. The fraction of sp³-hybridized carbons (Fsp3) is 0.200. The van der Waals surface area contributed by atoms with Crippen LogP contribution >= 0.6 is 15.9 Å². The number of hydrogen-bond acceptors (Lipinski definition) is 4. The van der Waals surface area contributed by atoms with Crippen LogP contribution in [0.1, 0.15) is 17.3 Å². The van der Waals surface area contributed by atoms with Crippen LogP contribution in [0.3, 0.4) is 0 Å². The molecule has 0 aliphatic carbocycles. The third-order valence-corrected chi connectivity index (χ3v) is 4.18. The topological polar surface area (TPSA) is 68.8 Å². The van der Waals surface area contributed by atoms with Crippen LogP contribution < -0.4 is 11.3 Å². The van der Waals surface area contributed by atoms with Crippen LogP contribution in [-0.2, 0) is 13.5 Å². The molecular formula is C15H16BrN5. The second-order valence-electron chi connectivity index (χ2n) is 4.99. The van der Waals surface area contributed by atoms with Gasteiger partial charge in [-0.1, -0.05) is 47.7 Å². The number of hydrazine groups is 1. The van der Waals surface area contributed by atoms with Gasteiger partial charge in [-0.2, -0.15) is 0 Å². The Morgan fingerprint density at radius 2 is 2.00 bits per heavy atom. The highest BCUT2D eigenvalue weighted by Gasteiger charge is 2.19. The summed E-state index contributed by atoms with van der Waals surface area (Å²) in [6.45, 7) is 0. The molecule has 0 saturated carbocycles.